The van der Waals surface area contributed by atoms with Crippen LogP contribution in [0.25, 0.3) is 5.82 Å². The maximum atomic E-state index is 13.4. The number of alkyl halides is 2. The molecule has 0 aliphatic carbocycles. The summed E-state index contributed by atoms with van der Waals surface area (Å²) >= 11 is 12.4. The average Bonchev–Trinajstić information content (AvgIpc) is 3.20. The fourth-order valence-corrected chi connectivity index (χ4v) is 6.38. The molecule has 1 saturated heterocycles. The summed E-state index contributed by atoms with van der Waals surface area (Å²) in [6, 6.07) is 7.23. The lowest BCUT2D eigenvalue weighted by Crippen LogP contribution is -2.43. The second-order valence-electron chi connectivity index (χ2n) is 8.96. The molecule has 1 aromatic carbocycles. The Balaban J connectivity index is 1.71. The highest BCUT2D eigenvalue weighted by Gasteiger charge is 2.40. The lowest BCUT2D eigenvalue weighted by molar-refractivity contribution is 0.0936. The third kappa shape index (κ3) is 5.37. The molecule has 0 radical (unpaired) electrons. The van der Waals surface area contributed by atoms with E-state index in [4.69, 9.17) is 23.2 Å². The van der Waals surface area contributed by atoms with Crippen LogP contribution in [0, 0.1) is 12.3 Å². The third-order valence-electron chi connectivity index (χ3n) is 5.86. The summed E-state index contributed by atoms with van der Waals surface area (Å²) in [5.41, 5.74) is 0.262. The molecule has 184 valence electrons. The molecule has 0 spiro atoms. The number of Topliss-reactive ketones (excluding diaryl/α,β-unsaturated/α-hetero) is 2. The summed E-state index contributed by atoms with van der Waals surface area (Å²) in [6.45, 7) is 3.62. The van der Waals surface area contributed by atoms with Gasteiger partial charge >= 0.3 is 0 Å². The quantitative estimate of drug-likeness (QED) is 0.348. The Morgan fingerprint density at radius 3 is 2.54 bits per heavy atom. The van der Waals surface area contributed by atoms with Gasteiger partial charge in [0.1, 0.15) is 11.4 Å². The monoisotopic (exact) mass is 539 g/mol. The van der Waals surface area contributed by atoms with Crippen LogP contribution in [0.4, 0.5) is 8.78 Å². The van der Waals surface area contributed by atoms with Crippen molar-refractivity contribution in [1.82, 2.24) is 14.8 Å². The topological polar surface area (TPSA) is 81.9 Å². The molecule has 3 aromatic rings. The number of pyridine rings is 1. The second-order valence-corrected chi connectivity index (χ2v) is 11.3. The van der Waals surface area contributed by atoms with Crippen LogP contribution in [0.3, 0.4) is 0 Å². The maximum Gasteiger partial charge on any atom is 0.282 e. The van der Waals surface area contributed by atoms with Gasteiger partial charge in [-0.25, -0.2) is 18.4 Å². The zero-order valence-electron chi connectivity index (χ0n) is 18.9. The zero-order valence-corrected chi connectivity index (χ0v) is 21.2. The van der Waals surface area contributed by atoms with E-state index < -0.39 is 28.7 Å². The van der Waals surface area contributed by atoms with Gasteiger partial charge in [0.05, 0.1) is 5.02 Å². The highest BCUT2D eigenvalue weighted by atomic mass is 35.5. The second kappa shape index (κ2) is 9.87. The molecular weight excluding hydrogens is 519 g/mol. The first-order valence-electron chi connectivity index (χ1n) is 10.7. The molecule has 0 atom stereocenters. The zero-order chi connectivity index (χ0) is 25.5. The van der Waals surface area contributed by atoms with Crippen molar-refractivity contribution >= 4 is 45.6 Å². The number of aryl methyl sites for hydroxylation is 1. The van der Waals surface area contributed by atoms with E-state index in [1.165, 1.54) is 18.3 Å². The van der Waals surface area contributed by atoms with Gasteiger partial charge in [-0.3, -0.25) is 13.8 Å². The first kappa shape index (κ1) is 25.6. The highest BCUT2D eigenvalue weighted by Crippen LogP contribution is 2.36. The van der Waals surface area contributed by atoms with E-state index >= 15 is 0 Å². The first-order chi connectivity index (χ1) is 16.5. The third-order valence-corrected chi connectivity index (χ3v) is 8.41. The molecule has 2 aromatic heterocycles. The molecule has 1 aliphatic heterocycles. The molecule has 0 saturated carbocycles. The van der Waals surface area contributed by atoms with Gasteiger partial charge in [0.15, 0.2) is 17.4 Å². The number of nitrogens with zero attached hydrogens (tertiary/aromatic N) is 3. The highest BCUT2D eigenvalue weighted by molar-refractivity contribution is 7.86. The summed E-state index contributed by atoms with van der Waals surface area (Å²) in [5, 5.41) is 4.33. The van der Waals surface area contributed by atoms with Gasteiger partial charge in [-0.15, -0.1) is 0 Å². The summed E-state index contributed by atoms with van der Waals surface area (Å²) in [6.07, 6.45) is -1.58. The van der Waals surface area contributed by atoms with E-state index in [9.17, 15) is 22.6 Å². The minimum Gasteiger partial charge on any atom is -0.294 e. The van der Waals surface area contributed by atoms with E-state index in [-0.39, 0.29) is 40.6 Å². The molecule has 35 heavy (non-hydrogen) atoms. The van der Waals surface area contributed by atoms with Crippen molar-refractivity contribution in [3.05, 3.63) is 74.7 Å². The smallest absolute Gasteiger partial charge is 0.282 e. The minimum atomic E-state index is -2.91. The Hall–Kier alpha value is -2.49. The van der Waals surface area contributed by atoms with Gasteiger partial charge in [0.2, 0.25) is 0 Å². The molecule has 11 heteroatoms. The van der Waals surface area contributed by atoms with Crippen LogP contribution < -0.4 is 0 Å². The fraction of sp³-hybridized carbons (Fsp3) is 0.333. The van der Waals surface area contributed by atoms with E-state index in [2.05, 4.69) is 10.1 Å². The lowest BCUT2D eigenvalue weighted by Gasteiger charge is -2.36. The Morgan fingerprint density at radius 2 is 1.91 bits per heavy atom. The molecule has 0 bridgehead atoms. The van der Waals surface area contributed by atoms with Gasteiger partial charge in [-0.05, 0) is 53.8 Å². The molecular formula is C24H21Cl2F2N3O3S. The molecule has 0 unspecified atom stereocenters. The van der Waals surface area contributed by atoms with E-state index in [0.29, 0.717) is 33.2 Å². The molecule has 0 N–H and O–H groups in total. The molecule has 3 heterocycles. The standard InChI is InChI=1S/C24H21Cl2F2N3O3S/c1-13-6-14(25)7-16(21(33)10-24(2)11-35(34)12-24)15(13)8-20(32)19-9-18(22(27)28)30-31(19)23-17(26)4-3-5-29-23/h3-7,9,22H,8,10-12H2,1-2H3. The predicted octanol–water partition coefficient (Wildman–Crippen LogP) is 5.59. The van der Waals surface area contributed by atoms with Gasteiger partial charge in [-0.1, -0.05) is 30.1 Å². The van der Waals surface area contributed by atoms with Crippen molar-refractivity contribution < 1.29 is 22.6 Å². The van der Waals surface area contributed by atoms with Crippen molar-refractivity contribution in [3.8, 4) is 5.82 Å². The summed E-state index contributed by atoms with van der Waals surface area (Å²) in [4.78, 5) is 30.7. The van der Waals surface area contributed by atoms with Crippen LogP contribution in [0.15, 0.2) is 36.5 Å². The number of carbonyl (C=O) groups is 2. The normalized spacial score (nSPS) is 19.6. The Labute approximate surface area is 213 Å². The van der Waals surface area contributed by atoms with E-state index in [1.54, 1.807) is 19.1 Å². The number of ketones is 2. The van der Waals surface area contributed by atoms with Gasteiger partial charge < -0.3 is 0 Å². The molecule has 0 amide bonds. The van der Waals surface area contributed by atoms with Crippen LogP contribution in [-0.2, 0) is 17.2 Å². The number of aromatic nitrogens is 3. The van der Waals surface area contributed by atoms with E-state index in [0.717, 1.165) is 10.7 Å². The fourth-order valence-electron chi connectivity index (χ4n) is 4.23. The predicted molar refractivity (Wildman–Crippen MR) is 130 cm³/mol. The SMILES string of the molecule is Cc1cc(Cl)cc(C(=O)CC2(C)CS(=O)C2)c1CC(=O)c1cc(C(F)F)nn1-c1ncccc1Cl. The summed E-state index contributed by atoms with van der Waals surface area (Å²) in [7, 11) is -0.927. The van der Waals surface area contributed by atoms with Crippen LogP contribution in [-0.4, -0.2) is 42.0 Å². The lowest BCUT2D eigenvalue weighted by atomic mass is 9.84. The van der Waals surface area contributed by atoms with Crippen LogP contribution in [0.2, 0.25) is 10.0 Å². The largest absolute Gasteiger partial charge is 0.294 e. The Kier molecular flexibility index (Phi) is 7.22. The van der Waals surface area contributed by atoms with Crippen LogP contribution in [0.1, 0.15) is 57.4 Å². The van der Waals surface area contributed by atoms with Crippen LogP contribution in [0.5, 0.6) is 0 Å². The van der Waals surface area contributed by atoms with Gasteiger partial charge in [0, 0.05) is 51.9 Å². The van der Waals surface area contributed by atoms with Crippen LogP contribution >= 0.6 is 23.2 Å². The first-order valence-corrected chi connectivity index (χ1v) is 12.9. The van der Waals surface area contributed by atoms with Crippen molar-refractivity contribution in [2.24, 2.45) is 5.41 Å². The Bertz CT molecular complexity index is 1350. The number of hydrogen-bond donors (Lipinski definition) is 0. The number of hydrogen-bond acceptors (Lipinski definition) is 5. The molecule has 1 aliphatic rings. The van der Waals surface area contributed by atoms with Crippen molar-refractivity contribution in [1.29, 1.82) is 0 Å². The van der Waals surface area contributed by atoms with E-state index in [1.807, 2.05) is 6.92 Å². The maximum absolute atomic E-state index is 13.4. The molecule has 6 nitrogen and oxygen atoms in total. The molecule has 1 fully saturated rings. The Morgan fingerprint density at radius 1 is 1.20 bits per heavy atom. The number of carbonyl (C=O) groups excluding carboxylic acids is 2. The van der Waals surface area contributed by atoms with Gasteiger partial charge in [-0.2, -0.15) is 5.10 Å². The van der Waals surface area contributed by atoms with Crippen molar-refractivity contribution in [2.75, 3.05) is 11.5 Å². The number of benzene rings is 1. The number of halogens is 4. The number of rotatable bonds is 8. The average molecular weight is 540 g/mol. The summed E-state index contributed by atoms with van der Waals surface area (Å²) in [5.74, 6) is 0.160. The molecule has 4 rings (SSSR count). The minimum absolute atomic E-state index is 0.0412. The van der Waals surface area contributed by atoms with Gasteiger partial charge in [0.25, 0.3) is 6.43 Å². The van der Waals surface area contributed by atoms with Crippen molar-refractivity contribution in [2.45, 2.75) is 33.1 Å². The summed E-state index contributed by atoms with van der Waals surface area (Å²) < 4.78 is 39.5. The van der Waals surface area contributed by atoms with Crippen molar-refractivity contribution in [3.63, 3.8) is 0 Å².